The molecule has 2 heterocycles. The van der Waals surface area contributed by atoms with Crippen molar-refractivity contribution in [3.63, 3.8) is 0 Å². The maximum absolute atomic E-state index is 15.0. The van der Waals surface area contributed by atoms with E-state index in [0.29, 0.717) is 6.08 Å². The quantitative estimate of drug-likeness (QED) is 0.200. The third kappa shape index (κ3) is 7.97. The average Bonchev–Trinajstić information content (AvgIpc) is 3.19. The number of fused-ring (bicyclic) bond motifs is 1. The Morgan fingerprint density at radius 3 is 2.14 bits per heavy atom. The van der Waals surface area contributed by atoms with Gasteiger partial charge in [0.25, 0.3) is 0 Å². The van der Waals surface area contributed by atoms with Gasteiger partial charge < -0.3 is 18.9 Å². The van der Waals surface area contributed by atoms with Gasteiger partial charge in [-0.05, 0) is 66.2 Å². The van der Waals surface area contributed by atoms with Crippen molar-refractivity contribution in [3.8, 4) is 11.6 Å². The standard InChI is InChI=1S/C28H34F5N3O6/c1-9-16-19(14-36(24(38)42-26(6,7)8)20(16)23(37)41-25(3,4)5)39-22-21(27(29,30)10-2)34-17-12-11-15(13-18(17)35-22)40-28(31,32)33/h10-13,16,19-20H,2,9,14H2,1,3-8H3/t16-,19+,20+/m1/s1. The van der Waals surface area contributed by atoms with Crippen LogP contribution in [0.2, 0.25) is 0 Å². The number of rotatable bonds is 7. The fourth-order valence-corrected chi connectivity index (χ4v) is 4.42. The zero-order valence-electron chi connectivity index (χ0n) is 24.3. The van der Waals surface area contributed by atoms with Gasteiger partial charge in [-0.2, -0.15) is 8.78 Å². The van der Waals surface area contributed by atoms with E-state index in [-0.39, 0.29) is 24.0 Å². The van der Waals surface area contributed by atoms with Crippen LogP contribution in [0.1, 0.15) is 60.6 Å². The van der Waals surface area contributed by atoms with Crippen molar-refractivity contribution in [2.75, 3.05) is 6.54 Å². The number of likely N-dealkylation sites (tertiary alicyclic amines) is 1. The van der Waals surface area contributed by atoms with Crippen LogP contribution in [-0.2, 0) is 20.2 Å². The average molecular weight is 604 g/mol. The number of amides is 1. The molecule has 1 amide bonds. The Labute approximate surface area is 240 Å². The molecule has 0 radical (unpaired) electrons. The minimum absolute atomic E-state index is 0.158. The van der Waals surface area contributed by atoms with Crippen molar-refractivity contribution < 1.29 is 50.5 Å². The van der Waals surface area contributed by atoms with Gasteiger partial charge in [0, 0.05) is 12.0 Å². The fraction of sp³-hybridized carbons (Fsp3) is 0.571. The molecule has 1 fully saturated rings. The molecule has 232 valence electrons. The van der Waals surface area contributed by atoms with E-state index in [1.54, 1.807) is 48.5 Å². The van der Waals surface area contributed by atoms with Crippen LogP contribution in [0.15, 0.2) is 30.9 Å². The molecule has 0 aliphatic carbocycles. The lowest BCUT2D eigenvalue weighted by Crippen LogP contribution is -2.47. The van der Waals surface area contributed by atoms with Crippen LogP contribution in [-0.4, -0.2) is 63.2 Å². The molecule has 0 spiro atoms. The number of nitrogens with zero attached hydrogens (tertiary/aromatic N) is 3. The molecule has 1 saturated heterocycles. The van der Waals surface area contributed by atoms with Crippen LogP contribution in [0.3, 0.4) is 0 Å². The largest absolute Gasteiger partial charge is 0.573 e. The molecule has 42 heavy (non-hydrogen) atoms. The summed E-state index contributed by atoms with van der Waals surface area (Å²) in [7, 11) is 0. The SMILES string of the molecule is C=CC(F)(F)c1nc2ccc(OC(F)(F)F)cc2nc1O[C@H]1CN(C(=O)OC(C)(C)C)[C@H](C(=O)OC(C)(C)C)[C@@H]1CC. The Balaban J connectivity index is 2.10. The first-order valence-corrected chi connectivity index (χ1v) is 13.1. The van der Waals surface area contributed by atoms with E-state index in [0.717, 1.165) is 23.1 Å². The van der Waals surface area contributed by atoms with Crippen LogP contribution in [0, 0.1) is 5.92 Å². The molecule has 1 aliphatic rings. The van der Waals surface area contributed by atoms with E-state index in [4.69, 9.17) is 14.2 Å². The van der Waals surface area contributed by atoms with E-state index >= 15 is 0 Å². The minimum Gasteiger partial charge on any atom is -0.471 e. The normalized spacial score (nSPS) is 19.9. The molecule has 0 bridgehead atoms. The summed E-state index contributed by atoms with van der Waals surface area (Å²) in [5.41, 5.74) is -3.17. The van der Waals surface area contributed by atoms with Crippen molar-refractivity contribution >= 4 is 23.1 Å². The number of aromatic nitrogens is 2. The summed E-state index contributed by atoms with van der Waals surface area (Å²) < 4.78 is 89.2. The molecule has 3 atom stereocenters. The first-order chi connectivity index (χ1) is 19.1. The zero-order valence-corrected chi connectivity index (χ0v) is 24.3. The highest BCUT2D eigenvalue weighted by molar-refractivity contribution is 5.83. The highest BCUT2D eigenvalue weighted by atomic mass is 19.4. The Bertz CT molecular complexity index is 1340. The van der Waals surface area contributed by atoms with Gasteiger partial charge in [-0.15, -0.1) is 13.2 Å². The van der Waals surface area contributed by atoms with Gasteiger partial charge in [0.15, 0.2) is 5.69 Å². The number of benzene rings is 1. The summed E-state index contributed by atoms with van der Waals surface area (Å²) in [6.07, 6.45) is -6.37. The maximum atomic E-state index is 15.0. The zero-order chi connectivity index (χ0) is 31.8. The van der Waals surface area contributed by atoms with Gasteiger partial charge in [-0.1, -0.05) is 13.5 Å². The van der Waals surface area contributed by atoms with Crippen LogP contribution in [0.25, 0.3) is 11.0 Å². The number of alkyl halides is 5. The molecule has 0 unspecified atom stereocenters. The van der Waals surface area contributed by atoms with E-state index in [9.17, 15) is 31.5 Å². The molecular weight excluding hydrogens is 569 g/mol. The predicted molar refractivity (Wildman–Crippen MR) is 141 cm³/mol. The van der Waals surface area contributed by atoms with Gasteiger partial charge in [-0.3, -0.25) is 4.90 Å². The number of carbonyl (C=O) groups excluding carboxylic acids is 2. The topological polar surface area (TPSA) is 100 Å². The van der Waals surface area contributed by atoms with Crippen molar-refractivity contribution in [1.82, 2.24) is 14.9 Å². The highest BCUT2D eigenvalue weighted by Crippen LogP contribution is 2.39. The van der Waals surface area contributed by atoms with Crippen molar-refractivity contribution in [1.29, 1.82) is 0 Å². The minimum atomic E-state index is -5.00. The van der Waals surface area contributed by atoms with Gasteiger partial charge in [0.2, 0.25) is 5.88 Å². The molecule has 2 aromatic rings. The number of hydrogen-bond donors (Lipinski definition) is 0. The number of allylic oxidation sites excluding steroid dienone is 1. The third-order valence-corrected chi connectivity index (χ3v) is 6.02. The lowest BCUT2D eigenvalue weighted by Gasteiger charge is -2.31. The molecule has 1 aliphatic heterocycles. The van der Waals surface area contributed by atoms with Crippen LogP contribution >= 0.6 is 0 Å². The number of esters is 1. The molecule has 1 aromatic heterocycles. The smallest absolute Gasteiger partial charge is 0.471 e. The second-order valence-corrected chi connectivity index (χ2v) is 11.7. The lowest BCUT2D eigenvalue weighted by molar-refractivity contribution is -0.274. The lowest BCUT2D eigenvalue weighted by atomic mass is 9.95. The van der Waals surface area contributed by atoms with E-state index in [1.165, 1.54) is 0 Å². The molecular formula is C28H34F5N3O6. The molecule has 1 aromatic carbocycles. The Kier molecular flexibility index (Phi) is 9.00. The second-order valence-electron chi connectivity index (χ2n) is 11.7. The second kappa shape index (κ2) is 11.5. The predicted octanol–water partition coefficient (Wildman–Crippen LogP) is 6.54. The Morgan fingerprint density at radius 1 is 1.00 bits per heavy atom. The third-order valence-electron chi connectivity index (χ3n) is 6.02. The highest BCUT2D eigenvalue weighted by Gasteiger charge is 2.51. The van der Waals surface area contributed by atoms with Gasteiger partial charge in [-0.25, -0.2) is 19.6 Å². The van der Waals surface area contributed by atoms with Gasteiger partial charge in [0.05, 0.1) is 17.6 Å². The van der Waals surface area contributed by atoms with E-state index in [2.05, 4.69) is 21.3 Å². The summed E-state index contributed by atoms with van der Waals surface area (Å²) in [5.74, 6) is -6.63. The number of hydrogen-bond acceptors (Lipinski definition) is 8. The van der Waals surface area contributed by atoms with Crippen molar-refractivity contribution in [3.05, 3.63) is 36.5 Å². The summed E-state index contributed by atoms with van der Waals surface area (Å²) in [6.45, 7) is 14.4. The molecule has 0 saturated carbocycles. The van der Waals surface area contributed by atoms with Gasteiger partial charge in [0.1, 0.15) is 29.1 Å². The van der Waals surface area contributed by atoms with Crippen LogP contribution in [0.4, 0.5) is 26.7 Å². The first-order valence-electron chi connectivity index (χ1n) is 13.1. The van der Waals surface area contributed by atoms with Crippen molar-refractivity contribution in [2.24, 2.45) is 5.92 Å². The molecule has 3 rings (SSSR count). The molecule has 9 nitrogen and oxygen atoms in total. The summed E-state index contributed by atoms with van der Waals surface area (Å²) in [6, 6.07) is 1.64. The number of ether oxygens (including phenoxy) is 4. The summed E-state index contributed by atoms with van der Waals surface area (Å²) in [5, 5.41) is 0. The van der Waals surface area contributed by atoms with E-state index < -0.39 is 70.9 Å². The number of carbonyl (C=O) groups is 2. The first kappa shape index (κ1) is 32.8. The van der Waals surface area contributed by atoms with Crippen molar-refractivity contribution in [2.45, 2.75) is 90.5 Å². The molecule has 14 heteroatoms. The number of halogens is 5. The van der Waals surface area contributed by atoms with Gasteiger partial charge >= 0.3 is 24.3 Å². The maximum Gasteiger partial charge on any atom is 0.573 e. The Hall–Kier alpha value is -3.71. The summed E-state index contributed by atoms with van der Waals surface area (Å²) in [4.78, 5) is 35.6. The van der Waals surface area contributed by atoms with Crippen LogP contribution in [0.5, 0.6) is 11.6 Å². The Morgan fingerprint density at radius 2 is 1.62 bits per heavy atom. The van der Waals surface area contributed by atoms with Crippen LogP contribution < -0.4 is 9.47 Å². The fourth-order valence-electron chi connectivity index (χ4n) is 4.42. The monoisotopic (exact) mass is 603 g/mol. The molecule has 0 N–H and O–H groups in total. The summed E-state index contributed by atoms with van der Waals surface area (Å²) >= 11 is 0. The van der Waals surface area contributed by atoms with E-state index in [1.807, 2.05) is 0 Å².